The fourth-order valence-corrected chi connectivity index (χ4v) is 4.49. The summed E-state index contributed by atoms with van der Waals surface area (Å²) in [5.41, 5.74) is 5.93. The molecule has 2 aliphatic rings. The second-order valence-electron chi connectivity index (χ2n) is 5.15. The van der Waals surface area contributed by atoms with Gasteiger partial charge < -0.3 is 5.73 Å². The smallest absolute Gasteiger partial charge is 0.214 e. The van der Waals surface area contributed by atoms with Gasteiger partial charge in [-0.25, -0.2) is 13.1 Å². The summed E-state index contributed by atoms with van der Waals surface area (Å²) in [5.74, 6) is 0.344. The van der Waals surface area contributed by atoms with Crippen molar-refractivity contribution in [1.29, 1.82) is 0 Å². The molecule has 2 saturated carbocycles. The van der Waals surface area contributed by atoms with Crippen molar-refractivity contribution in [3.63, 3.8) is 0 Å². The van der Waals surface area contributed by atoms with Crippen molar-refractivity contribution in [3.8, 4) is 0 Å². The van der Waals surface area contributed by atoms with Crippen molar-refractivity contribution in [3.05, 3.63) is 0 Å². The van der Waals surface area contributed by atoms with E-state index in [0.717, 1.165) is 44.9 Å². The van der Waals surface area contributed by atoms with Gasteiger partial charge in [-0.3, -0.25) is 0 Å². The van der Waals surface area contributed by atoms with Crippen molar-refractivity contribution in [2.75, 3.05) is 6.54 Å². The molecule has 2 rings (SSSR count). The van der Waals surface area contributed by atoms with Crippen LogP contribution in [-0.4, -0.2) is 26.3 Å². The topological polar surface area (TPSA) is 72.2 Å². The summed E-state index contributed by atoms with van der Waals surface area (Å²) in [6, 6.07) is 0.186. The van der Waals surface area contributed by atoms with E-state index in [-0.39, 0.29) is 11.3 Å². The van der Waals surface area contributed by atoms with E-state index in [1.54, 1.807) is 0 Å². The molecule has 0 aromatic carbocycles. The van der Waals surface area contributed by atoms with Gasteiger partial charge in [0.25, 0.3) is 0 Å². The molecule has 2 unspecified atom stereocenters. The van der Waals surface area contributed by atoms with Crippen LogP contribution in [0.15, 0.2) is 0 Å². The molecule has 0 saturated heterocycles. The number of nitrogens with one attached hydrogen (secondary N) is 1. The third-order valence-corrected chi connectivity index (χ3v) is 5.92. The van der Waals surface area contributed by atoms with E-state index in [0.29, 0.717) is 12.5 Å². The lowest BCUT2D eigenvalue weighted by molar-refractivity contribution is 0.467. The molecule has 4 nitrogen and oxygen atoms in total. The molecule has 2 fully saturated rings. The van der Waals surface area contributed by atoms with Gasteiger partial charge in [-0.2, -0.15) is 0 Å². The highest BCUT2D eigenvalue weighted by atomic mass is 32.2. The minimum atomic E-state index is -3.08. The van der Waals surface area contributed by atoms with Crippen molar-refractivity contribution < 1.29 is 8.42 Å². The normalized spacial score (nSPS) is 32.3. The lowest BCUT2D eigenvalue weighted by Crippen LogP contribution is -2.39. The quantitative estimate of drug-likeness (QED) is 0.776. The molecule has 0 amide bonds. The largest absolute Gasteiger partial charge is 0.327 e. The van der Waals surface area contributed by atoms with Crippen molar-refractivity contribution in [1.82, 2.24) is 4.72 Å². The van der Waals surface area contributed by atoms with Gasteiger partial charge in [-0.1, -0.05) is 19.3 Å². The maximum absolute atomic E-state index is 11.9. The van der Waals surface area contributed by atoms with Crippen molar-refractivity contribution in [2.45, 2.75) is 56.2 Å². The van der Waals surface area contributed by atoms with Gasteiger partial charge in [0.15, 0.2) is 0 Å². The van der Waals surface area contributed by atoms with E-state index < -0.39 is 10.0 Å². The van der Waals surface area contributed by atoms with Crippen LogP contribution in [0.25, 0.3) is 0 Å². The second-order valence-corrected chi connectivity index (χ2v) is 7.20. The third-order valence-electron chi connectivity index (χ3n) is 4.01. The van der Waals surface area contributed by atoms with Crippen molar-refractivity contribution in [2.24, 2.45) is 11.7 Å². The molecular weight excluding hydrogens is 224 g/mol. The number of hydrogen-bond donors (Lipinski definition) is 2. The Morgan fingerprint density at radius 3 is 2.31 bits per heavy atom. The maximum Gasteiger partial charge on any atom is 0.214 e. The molecular formula is C11H22N2O2S. The van der Waals surface area contributed by atoms with Gasteiger partial charge in [0.05, 0.1) is 5.25 Å². The zero-order valence-corrected chi connectivity index (χ0v) is 10.5. The highest BCUT2D eigenvalue weighted by Gasteiger charge is 2.30. The van der Waals surface area contributed by atoms with Gasteiger partial charge >= 0.3 is 0 Å². The molecule has 3 N–H and O–H groups in total. The summed E-state index contributed by atoms with van der Waals surface area (Å²) in [5, 5.41) is -0.148. The maximum atomic E-state index is 11.9. The minimum Gasteiger partial charge on any atom is -0.327 e. The molecule has 0 heterocycles. The summed E-state index contributed by atoms with van der Waals surface area (Å²) in [4.78, 5) is 0. The van der Waals surface area contributed by atoms with E-state index in [2.05, 4.69) is 4.72 Å². The van der Waals surface area contributed by atoms with E-state index in [4.69, 9.17) is 5.73 Å². The predicted octanol–water partition coefficient (Wildman–Crippen LogP) is 0.976. The lowest BCUT2D eigenvalue weighted by atomic mass is 10.1. The number of rotatable bonds is 4. The molecule has 0 spiro atoms. The summed E-state index contributed by atoms with van der Waals surface area (Å²) < 4.78 is 26.7. The van der Waals surface area contributed by atoms with Gasteiger partial charge in [-0.15, -0.1) is 0 Å². The molecule has 0 radical (unpaired) electrons. The Morgan fingerprint density at radius 2 is 1.75 bits per heavy atom. The van der Waals surface area contributed by atoms with E-state index >= 15 is 0 Å². The fraction of sp³-hybridized carbons (Fsp3) is 1.00. The van der Waals surface area contributed by atoms with E-state index in [1.165, 1.54) is 0 Å². The Hall–Kier alpha value is -0.130. The first-order valence-corrected chi connectivity index (χ1v) is 7.88. The third kappa shape index (κ3) is 2.76. The average Bonchev–Trinajstić information content (AvgIpc) is 2.85. The number of sulfonamides is 1. The van der Waals surface area contributed by atoms with Gasteiger partial charge in [0.1, 0.15) is 0 Å². The summed E-state index contributed by atoms with van der Waals surface area (Å²) in [6.07, 6.45) is 6.99. The summed E-state index contributed by atoms with van der Waals surface area (Å²) in [6.45, 7) is 0.542. The number of hydrogen-bond acceptors (Lipinski definition) is 3. The molecule has 94 valence electrons. The highest BCUT2D eigenvalue weighted by Crippen LogP contribution is 2.26. The van der Waals surface area contributed by atoms with Crippen LogP contribution in [0.3, 0.4) is 0 Å². The van der Waals surface area contributed by atoms with Crippen LogP contribution in [0.2, 0.25) is 0 Å². The Bertz CT molecular complexity index is 323. The molecule has 0 aromatic rings. The number of nitrogens with two attached hydrogens (primary N) is 1. The van der Waals surface area contributed by atoms with E-state index in [9.17, 15) is 8.42 Å². The zero-order valence-electron chi connectivity index (χ0n) is 9.69. The van der Waals surface area contributed by atoms with Gasteiger partial charge in [0.2, 0.25) is 10.0 Å². The standard InChI is InChI=1S/C11H22N2O2S/c12-11-7-3-4-9(11)8-13-16(14,15)10-5-1-2-6-10/h9-11,13H,1-8,12H2. The first-order valence-electron chi connectivity index (χ1n) is 6.33. The van der Waals surface area contributed by atoms with Crippen LogP contribution in [-0.2, 0) is 10.0 Å². The molecule has 5 heteroatoms. The molecule has 0 aromatic heterocycles. The SMILES string of the molecule is NC1CCCC1CNS(=O)(=O)C1CCCC1. The minimum absolute atomic E-state index is 0.148. The first-order chi connectivity index (χ1) is 7.59. The monoisotopic (exact) mass is 246 g/mol. The van der Waals surface area contributed by atoms with Crippen LogP contribution >= 0.6 is 0 Å². The fourth-order valence-electron chi connectivity index (χ4n) is 2.86. The van der Waals surface area contributed by atoms with Gasteiger partial charge in [-0.05, 0) is 31.6 Å². The zero-order chi connectivity index (χ0) is 11.6. The Kier molecular flexibility index (Phi) is 3.87. The highest BCUT2D eigenvalue weighted by molar-refractivity contribution is 7.90. The predicted molar refractivity (Wildman–Crippen MR) is 64.5 cm³/mol. The molecule has 0 bridgehead atoms. The molecule has 2 atom stereocenters. The molecule has 0 aliphatic heterocycles. The van der Waals surface area contributed by atoms with Gasteiger partial charge in [0, 0.05) is 12.6 Å². The lowest BCUT2D eigenvalue weighted by Gasteiger charge is -2.18. The van der Waals surface area contributed by atoms with Crippen molar-refractivity contribution >= 4 is 10.0 Å². The van der Waals surface area contributed by atoms with Crippen LogP contribution in [0.5, 0.6) is 0 Å². The molecule has 16 heavy (non-hydrogen) atoms. The van der Waals surface area contributed by atoms with Crippen LogP contribution in [0.1, 0.15) is 44.9 Å². The molecule has 2 aliphatic carbocycles. The second kappa shape index (κ2) is 5.02. The average molecular weight is 246 g/mol. The Balaban J connectivity index is 1.84. The Labute approximate surface area is 98.0 Å². The van der Waals surface area contributed by atoms with Crippen LogP contribution < -0.4 is 10.5 Å². The first kappa shape index (κ1) is 12.3. The van der Waals surface area contributed by atoms with Crippen LogP contribution in [0.4, 0.5) is 0 Å². The van der Waals surface area contributed by atoms with E-state index in [1.807, 2.05) is 0 Å². The summed E-state index contributed by atoms with van der Waals surface area (Å²) >= 11 is 0. The van der Waals surface area contributed by atoms with Crippen LogP contribution in [0, 0.1) is 5.92 Å². The summed E-state index contributed by atoms with van der Waals surface area (Å²) in [7, 11) is -3.08. The Morgan fingerprint density at radius 1 is 1.06 bits per heavy atom.